The van der Waals surface area contributed by atoms with E-state index in [0.29, 0.717) is 0 Å². The zero-order chi connectivity index (χ0) is 16.4. The maximum atomic E-state index is 9.87. The van der Waals surface area contributed by atoms with Gasteiger partial charge in [-0.15, -0.1) is 0 Å². The standard InChI is InChI=1S/C11H12IN2.F6P/c1-13-6-7-14(9-13)8-10-2-4-11(12)5-3-10;1-7(2,3,4,5)6/h2-7,9H,8H2,1H3;/q+1;-1. The van der Waals surface area contributed by atoms with Crippen LogP contribution >= 0.6 is 30.4 Å². The summed E-state index contributed by atoms with van der Waals surface area (Å²) in [4.78, 5) is 0. The van der Waals surface area contributed by atoms with Crippen molar-refractivity contribution in [1.82, 2.24) is 4.57 Å². The number of benzene rings is 1. The van der Waals surface area contributed by atoms with Gasteiger partial charge < -0.3 is 0 Å². The quantitative estimate of drug-likeness (QED) is 0.256. The molecule has 0 atom stereocenters. The zero-order valence-corrected chi connectivity index (χ0v) is 13.8. The molecule has 0 radical (unpaired) electrons. The van der Waals surface area contributed by atoms with Gasteiger partial charge in [0.05, 0.1) is 7.05 Å². The third kappa shape index (κ3) is 11.5. The molecule has 2 rings (SSSR count). The van der Waals surface area contributed by atoms with Gasteiger partial charge in [0.15, 0.2) is 0 Å². The molecule has 1 heterocycles. The first-order valence-corrected chi connectivity index (χ1v) is 8.61. The molecular weight excluding hydrogens is 432 g/mol. The van der Waals surface area contributed by atoms with Crippen molar-refractivity contribution in [2.45, 2.75) is 6.54 Å². The number of nitrogens with zero attached hydrogens (tertiary/aromatic N) is 2. The molecule has 0 N–H and O–H groups in total. The Bertz CT molecular complexity index is 594. The van der Waals surface area contributed by atoms with Crippen LogP contribution in [0.1, 0.15) is 5.56 Å². The molecule has 0 fully saturated rings. The molecule has 10 heteroatoms. The van der Waals surface area contributed by atoms with Gasteiger partial charge in [-0.3, -0.25) is 0 Å². The molecule has 0 saturated carbocycles. The summed E-state index contributed by atoms with van der Waals surface area (Å²) in [5, 5.41) is 0. The average molecular weight is 444 g/mol. The topological polar surface area (TPSA) is 8.81 Å². The predicted octanol–water partition coefficient (Wildman–Crippen LogP) is 5.35. The van der Waals surface area contributed by atoms with E-state index < -0.39 is 7.81 Å². The molecule has 0 unspecified atom stereocenters. The third-order valence-electron chi connectivity index (χ3n) is 2.10. The summed E-state index contributed by atoms with van der Waals surface area (Å²) in [5.74, 6) is 0. The van der Waals surface area contributed by atoms with Gasteiger partial charge in [0, 0.05) is 3.57 Å². The van der Waals surface area contributed by atoms with Crippen molar-refractivity contribution < 1.29 is 29.7 Å². The van der Waals surface area contributed by atoms with E-state index in [1.165, 1.54) is 9.13 Å². The van der Waals surface area contributed by atoms with Crippen molar-refractivity contribution in [1.29, 1.82) is 0 Å². The fourth-order valence-electron chi connectivity index (χ4n) is 1.40. The van der Waals surface area contributed by atoms with Gasteiger partial charge in [-0.25, -0.2) is 9.13 Å². The summed E-state index contributed by atoms with van der Waals surface area (Å²) < 4.78 is 64.7. The number of rotatable bonds is 2. The van der Waals surface area contributed by atoms with E-state index in [1.807, 2.05) is 17.8 Å². The second-order valence-corrected chi connectivity index (χ2v) is 7.50. The van der Waals surface area contributed by atoms with Crippen LogP contribution in [-0.2, 0) is 13.6 Å². The second kappa shape index (κ2) is 5.42. The Morgan fingerprint density at radius 2 is 1.52 bits per heavy atom. The summed E-state index contributed by atoms with van der Waals surface area (Å²) in [6, 6.07) is 8.61. The number of hydrogen-bond acceptors (Lipinski definition) is 0. The van der Waals surface area contributed by atoms with Gasteiger partial charge in [0.1, 0.15) is 18.9 Å². The molecule has 120 valence electrons. The molecule has 0 aliphatic rings. The minimum atomic E-state index is -10.7. The number of imidazole rings is 1. The van der Waals surface area contributed by atoms with Crippen LogP contribution in [0.25, 0.3) is 0 Å². The van der Waals surface area contributed by atoms with Gasteiger partial charge in [0.25, 0.3) is 0 Å². The van der Waals surface area contributed by atoms with Crippen LogP contribution in [0.4, 0.5) is 25.2 Å². The average Bonchev–Trinajstić information content (AvgIpc) is 2.63. The van der Waals surface area contributed by atoms with E-state index in [2.05, 4.69) is 63.9 Å². The van der Waals surface area contributed by atoms with E-state index in [4.69, 9.17) is 0 Å². The first-order chi connectivity index (χ1) is 9.19. The number of aryl methyl sites for hydroxylation is 1. The number of hydrogen-bond donors (Lipinski definition) is 0. The molecule has 0 aliphatic heterocycles. The van der Waals surface area contributed by atoms with Crippen molar-refractivity contribution in [2.24, 2.45) is 7.05 Å². The van der Waals surface area contributed by atoms with E-state index in [1.54, 1.807) is 0 Å². The molecule has 21 heavy (non-hydrogen) atoms. The molecule has 0 spiro atoms. The van der Waals surface area contributed by atoms with Crippen molar-refractivity contribution in [3.63, 3.8) is 0 Å². The Labute approximate surface area is 130 Å². The van der Waals surface area contributed by atoms with Gasteiger partial charge in [-0.2, -0.15) is 0 Å². The molecule has 0 amide bonds. The summed E-state index contributed by atoms with van der Waals surface area (Å²) in [7, 11) is -8.63. The molecular formula is C11H12F6IN2P. The van der Waals surface area contributed by atoms with Crippen molar-refractivity contribution in [3.05, 3.63) is 52.1 Å². The summed E-state index contributed by atoms with van der Waals surface area (Å²) >= 11 is 2.32. The van der Waals surface area contributed by atoms with Crippen LogP contribution in [0.15, 0.2) is 43.0 Å². The Kier molecular flexibility index (Phi) is 4.70. The Hall–Kier alpha value is -0.830. The van der Waals surface area contributed by atoms with Gasteiger partial charge in [-0.05, 0) is 40.3 Å². The molecule has 0 aliphatic carbocycles. The first kappa shape index (κ1) is 18.2. The fraction of sp³-hybridized carbons (Fsp3) is 0.182. The van der Waals surface area contributed by atoms with E-state index in [0.717, 1.165) is 6.54 Å². The van der Waals surface area contributed by atoms with Crippen LogP contribution in [-0.4, -0.2) is 4.57 Å². The second-order valence-electron chi connectivity index (χ2n) is 4.34. The van der Waals surface area contributed by atoms with Crippen molar-refractivity contribution in [2.75, 3.05) is 0 Å². The number of halogens is 7. The summed E-state index contributed by atoms with van der Waals surface area (Å²) in [5.41, 5.74) is 1.33. The first-order valence-electron chi connectivity index (χ1n) is 5.51. The van der Waals surface area contributed by atoms with Crippen LogP contribution in [0.2, 0.25) is 0 Å². The molecule has 0 saturated heterocycles. The van der Waals surface area contributed by atoms with Crippen LogP contribution in [0.3, 0.4) is 0 Å². The van der Waals surface area contributed by atoms with Gasteiger partial charge >= 0.3 is 33.0 Å². The van der Waals surface area contributed by atoms with E-state index in [-0.39, 0.29) is 0 Å². The minimum absolute atomic E-state index is 0.942. The monoisotopic (exact) mass is 444 g/mol. The zero-order valence-electron chi connectivity index (χ0n) is 10.7. The van der Waals surface area contributed by atoms with Gasteiger partial charge in [0.2, 0.25) is 6.33 Å². The van der Waals surface area contributed by atoms with Gasteiger partial charge in [-0.1, -0.05) is 12.1 Å². The van der Waals surface area contributed by atoms with Crippen molar-refractivity contribution >= 4 is 30.4 Å². The Balaban J connectivity index is 0.000000270. The third-order valence-corrected chi connectivity index (χ3v) is 2.82. The van der Waals surface area contributed by atoms with Crippen LogP contribution in [0, 0.1) is 3.57 Å². The normalized spacial score (nSPS) is 14.7. The summed E-state index contributed by atoms with van der Waals surface area (Å²) in [6.07, 6.45) is 6.21. The number of aromatic nitrogens is 2. The Morgan fingerprint density at radius 1 is 1.05 bits per heavy atom. The SMILES string of the molecule is C[n+]1ccn(Cc2ccc(I)cc2)c1.F[P-](F)(F)(F)(F)F. The molecule has 0 bridgehead atoms. The van der Waals surface area contributed by atoms with Crippen molar-refractivity contribution in [3.8, 4) is 0 Å². The van der Waals surface area contributed by atoms with E-state index >= 15 is 0 Å². The summed E-state index contributed by atoms with van der Waals surface area (Å²) in [6.45, 7) is 0.942. The fourth-order valence-corrected chi connectivity index (χ4v) is 1.76. The van der Waals surface area contributed by atoms with Crippen LogP contribution < -0.4 is 4.57 Å². The Morgan fingerprint density at radius 3 is 1.90 bits per heavy atom. The predicted molar refractivity (Wildman–Crippen MR) is 77.4 cm³/mol. The molecule has 1 aromatic carbocycles. The van der Waals surface area contributed by atoms with E-state index in [9.17, 15) is 25.2 Å². The molecule has 2 aromatic rings. The molecule has 2 nitrogen and oxygen atoms in total. The van der Waals surface area contributed by atoms with Crippen LogP contribution in [0.5, 0.6) is 0 Å². The maximum absolute atomic E-state index is 10.7. The molecule has 1 aromatic heterocycles.